The number of hydrogen-bond donors (Lipinski definition) is 0. The summed E-state index contributed by atoms with van der Waals surface area (Å²) in [5, 5.41) is 0. The van der Waals surface area contributed by atoms with Crippen LogP contribution in [0.15, 0.2) is 6.07 Å². The van der Waals surface area contributed by atoms with Crippen LogP contribution in [0.25, 0.3) is 0 Å². The Morgan fingerprint density at radius 3 is 2.80 bits per heavy atom. The molecule has 2 saturated heterocycles. The number of morpholine rings is 1. The molecule has 2 aliphatic heterocycles. The van der Waals surface area contributed by atoms with E-state index in [4.69, 9.17) is 4.74 Å². The van der Waals surface area contributed by atoms with E-state index in [9.17, 15) is 0 Å². The van der Waals surface area contributed by atoms with Crippen LogP contribution in [-0.4, -0.2) is 60.3 Å². The lowest BCUT2D eigenvalue weighted by molar-refractivity contribution is 0.0209. The number of ether oxygens (including phenoxy) is 1. The first-order chi connectivity index (χ1) is 9.76. The second-order valence-electron chi connectivity index (χ2n) is 5.66. The lowest BCUT2D eigenvalue weighted by Crippen LogP contribution is -2.44. The van der Waals surface area contributed by atoms with Gasteiger partial charge in [-0.3, -0.25) is 4.90 Å². The SMILES string of the molecule is CCc1cc(N2CCC(N3CCOCC3)C2)nc(C)n1. The van der Waals surface area contributed by atoms with E-state index in [-0.39, 0.29) is 0 Å². The topological polar surface area (TPSA) is 41.5 Å². The largest absolute Gasteiger partial charge is 0.379 e. The quantitative estimate of drug-likeness (QED) is 0.831. The van der Waals surface area contributed by atoms with Crippen LogP contribution in [0.4, 0.5) is 5.82 Å². The summed E-state index contributed by atoms with van der Waals surface area (Å²) in [5.74, 6) is 1.99. The van der Waals surface area contributed by atoms with Crippen LogP contribution in [0, 0.1) is 6.92 Å². The molecule has 3 heterocycles. The second kappa shape index (κ2) is 6.06. The number of rotatable bonds is 3. The molecule has 0 bridgehead atoms. The van der Waals surface area contributed by atoms with Gasteiger partial charge in [0.05, 0.1) is 13.2 Å². The van der Waals surface area contributed by atoms with E-state index in [1.54, 1.807) is 0 Å². The molecule has 2 aliphatic rings. The third kappa shape index (κ3) is 2.94. The molecule has 0 amide bonds. The summed E-state index contributed by atoms with van der Waals surface area (Å²) in [6, 6.07) is 2.80. The third-order valence-corrected chi connectivity index (χ3v) is 4.29. The smallest absolute Gasteiger partial charge is 0.132 e. The van der Waals surface area contributed by atoms with Crippen molar-refractivity contribution in [2.45, 2.75) is 32.7 Å². The molecule has 1 atom stereocenters. The summed E-state index contributed by atoms with van der Waals surface area (Å²) >= 11 is 0. The Balaban J connectivity index is 1.68. The van der Waals surface area contributed by atoms with Crippen molar-refractivity contribution in [3.8, 4) is 0 Å². The first-order valence-corrected chi connectivity index (χ1v) is 7.67. The van der Waals surface area contributed by atoms with E-state index in [0.717, 1.165) is 63.1 Å². The van der Waals surface area contributed by atoms with Gasteiger partial charge in [-0.1, -0.05) is 6.92 Å². The highest BCUT2D eigenvalue weighted by Crippen LogP contribution is 2.22. The Bertz CT molecular complexity index is 459. The first-order valence-electron chi connectivity index (χ1n) is 7.67. The Labute approximate surface area is 121 Å². The predicted molar refractivity (Wildman–Crippen MR) is 79.2 cm³/mol. The second-order valence-corrected chi connectivity index (χ2v) is 5.66. The number of aryl methyl sites for hydroxylation is 2. The van der Waals surface area contributed by atoms with E-state index in [2.05, 4.69) is 32.8 Å². The number of hydrogen-bond acceptors (Lipinski definition) is 5. The molecule has 5 heteroatoms. The highest BCUT2D eigenvalue weighted by Gasteiger charge is 2.29. The zero-order chi connectivity index (χ0) is 13.9. The molecule has 0 saturated carbocycles. The summed E-state index contributed by atoms with van der Waals surface area (Å²) < 4.78 is 5.44. The van der Waals surface area contributed by atoms with Crippen LogP contribution in [0.3, 0.4) is 0 Å². The summed E-state index contributed by atoms with van der Waals surface area (Å²) in [6.07, 6.45) is 2.20. The van der Waals surface area contributed by atoms with Gasteiger partial charge in [0.1, 0.15) is 11.6 Å². The van der Waals surface area contributed by atoms with Crippen LogP contribution in [0.5, 0.6) is 0 Å². The van der Waals surface area contributed by atoms with Crippen molar-refractivity contribution in [1.29, 1.82) is 0 Å². The van der Waals surface area contributed by atoms with E-state index in [1.165, 1.54) is 6.42 Å². The maximum absolute atomic E-state index is 5.44. The van der Waals surface area contributed by atoms with Crippen molar-refractivity contribution in [2.75, 3.05) is 44.3 Å². The minimum Gasteiger partial charge on any atom is -0.379 e. The molecule has 0 aliphatic carbocycles. The zero-order valence-corrected chi connectivity index (χ0v) is 12.5. The van der Waals surface area contributed by atoms with E-state index in [1.807, 2.05) is 6.92 Å². The van der Waals surface area contributed by atoms with Crippen molar-refractivity contribution in [3.05, 3.63) is 17.6 Å². The predicted octanol–water partition coefficient (Wildman–Crippen LogP) is 1.26. The summed E-state index contributed by atoms with van der Waals surface area (Å²) in [5.41, 5.74) is 1.14. The van der Waals surface area contributed by atoms with Crippen molar-refractivity contribution in [2.24, 2.45) is 0 Å². The highest BCUT2D eigenvalue weighted by molar-refractivity contribution is 5.41. The zero-order valence-electron chi connectivity index (χ0n) is 12.5. The van der Waals surface area contributed by atoms with Crippen molar-refractivity contribution in [3.63, 3.8) is 0 Å². The number of nitrogens with zero attached hydrogens (tertiary/aromatic N) is 4. The molecule has 2 fully saturated rings. The Kier molecular flexibility index (Phi) is 4.17. The molecule has 3 rings (SSSR count). The first kappa shape index (κ1) is 13.8. The van der Waals surface area contributed by atoms with E-state index in [0.29, 0.717) is 6.04 Å². The monoisotopic (exact) mass is 276 g/mol. The molecule has 0 radical (unpaired) electrons. The molecule has 0 aromatic carbocycles. The third-order valence-electron chi connectivity index (χ3n) is 4.29. The standard InChI is InChI=1S/C15H24N4O/c1-3-13-10-15(17-12(2)16-13)19-5-4-14(11-19)18-6-8-20-9-7-18/h10,14H,3-9,11H2,1-2H3. The average molecular weight is 276 g/mol. The fourth-order valence-corrected chi connectivity index (χ4v) is 3.15. The minimum atomic E-state index is 0.652. The average Bonchev–Trinajstić information content (AvgIpc) is 2.97. The van der Waals surface area contributed by atoms with Gasteiger partial charge in [-0.05, 0) is 19.8 Å². The van der Waals surface area contributed by atoms with Crippen molar-refractivity contribution >= 4 is 5.82 Å². The molecule has 1 aromatic heterocycles. The van der Waals surface area contributed by atoms with Gasteiger partial charge in [0, 0.05) is 44.0 Å². The number of aromatic nitrogens is 2. The normalized spacial score (nSPS) is 24.3. The van der Waals surface area contributed by atoms with Crippen LogP contribution < -0.4 is 4.90 Å². The molecule has 5 nitrogen and oxygen atoms in total. The Morgan fingerprint density at radius 1 is 1.25 bits per heavy atom. The van der Waals surface area contributed by atoms with Crippen LogP contribution in [-0.2, 0) is 11.2 Å². The molecule has 110 valence electrons. The molecule has 1 unspecified atom stereocenters. The van der Waals surface area contributed by atoms with Gasteiger partial charge in [0.2, 0.25) is 0 Å². The van der Waals surface area contributed by atoms with Crippen LogP contribution >= 0.6 is 0 Å². The van der Waals surface area contributed by atoms with Gasteiger partial charge in [-0.25, -0.2) is 9.97 Å². The summed E-state index contributed by atoms with van der Waals surface area (Å²) in [6.45, 7) is 10.2. The summed E-state index contributed by atoms with van der Waals surface area (Å²) in [4.78, 5) is 14.1. The lowest BCUT2D eigenvalue weighted by atomic mass is 10.2. The van der Waals surface area contributed by atoms with Gasteiger partial charge in [-0.15, -0.1) is 0 Å². The van der Waals surface area contributed by atoms with Gasteiger partial charge < -0.3 is 9.64 Å². The number of anilines is 1. The highest BCUT2D eigenvalue weighted by atomic mass is 16.5. The Morgan fingerprint density at radius 2 is 2.05 bits per heavy atom. The molecular weight excluding hydrogens is 252 g/mol. The van der Waals surface area contributed by atoms with Crippen LogP contribution in [0.2, 0.25) is 0 Å². The van der Waals surface area contributed by atoms with Gasteiger partial charge >= 0.3 is 0 Å². The van der Waals surface area contributed by atoms with E-state index < -0.39 is 0 Å². The maximum atomic E-state index is 5.44. The van der Waals surface area contributed by atoms with E-state index >= 15 is 0 Å². The summed E-state index contributed by atoms with van der Waals surface area (Å²) in [7, 11) is 0. The molecule has 0 N–H and O–H groups in total. The van der Waals surface area contributed by atoms with Crippen molar-refractivity contribution < 1.29 is 4.74 Å². The molecule has 0 spiro atoms. The Hall–Kier alpha value is -1.20. The van der Waals surface area contributed by atoms with Crippen LogP contribution in [0.1, 0.15) is 24.9 Å². The molecule has 1 aromatic rings. The van der Waals surface area contributed by atoms with Gasteiger partial charge in [0.25, 0.3) is 0 Å². The lowest BCUT2D eigenvalue weighted by Gasteiger charge is -2.32. The fraction of sp³-hybridized carbons (Fsp3) is 0.733. The van der Waals surface area contributed by atoms with Gasteiger partial charge in [-0.2, -0.15) is 0 Å². The molecular formula is C15H24N4O. The van der Waals surface area contributed by atoms with Crippen molar-refractivity contribution in [1.82, 2.24) is 14.9 Å². The fourth-order valence-electron chi connectivity index (χ4n) is 3.15. The maximum Gasteiger partial charge on any atom is 0.132 e. The molecule has 20 heavy (non-hydrogen) atoms. The minimum absolute atomic E-state index is 0.652. The van der Waals surface area contributed by atoms with Gasteiger partial charge in [0.15, 0.2) is 0 Å².